The van der Waals surface area contributed by atoms with Crippen molar-refractivity contribution in [3.8, 4) is 11.5 Å². The summed E-state index contributed by atoms with van der Waals surface area (Å²) in [7, 11) is 3.40. The van der Waals surface area contributed by atoms with Crippen LogP contribution in [0.4, 0.5) is 0 Å². The highest BCUT2D eigenvalue weighted by Gasteiger charge is 2.24. The molecule has 4 nitrogen and oxygen atoms in total. The predicted molar refractivity (Wildman–Crippen MR) is 99.0 cm³/mol. The third kappa shape index (κ3) is 5.21. The Labute approximate surface area is 150 Å². The van der Waals surface area contributed by atoms with E-state index in [1.165, 1.54) is 37.1 Å². The highest BCUT2D eigenvalue weighted by Crippen LogP contribution is 2.21. The van der Waals surface area contributed by atoms with Gasteiger partial charge in [0.2, 0.25) is 0 Å². The summed E-state index contributed by atoms with van der Waals surface area (Å²) >= 11 is 0. The van der Waals surface area contributed by atoms with Crippen LogP contribution in [0.1, 0.15) is 24.0 Å². The number of nitrogens with two attached hydrogens (primary N) is 1. The molecule has 0 spiro atoms. The molecule has 3 rings (SSSR count). The molecule has 1 aliphatic heterocycles. The molecule has 2 aromatic rings. The van der Waals surface area contributed by atoms with Gasteiger partial charge in [0, 0.05) is 30.0 Å². The lowest BCUT2D eigenvalue weighted by Crippen LogP contribution is -3.13. The number of quaternary nitrogens is 2. The number of hydrogen-bond donors (Lipinski definition) is 2. The van der Waals surface area contributed by atoms with Gasteiger partial charge in [-0.25, -0.2) is 0 Å². The second kappa shape index (κ2) is 8.88. The summed E-state index contributed by atoms with van der Waals surface area (Å²) in [6.45, 7) is 4.65. The summed E-state index contributed by atoms with van der Waals surface area (Å²) < 4.78 is 10.7. The van der Waals surface area contributed by atoms with E-state index in [9.17, 15) is 0 Å². The summed E-state index contributed by atoms with van der Waals surface area (Å²) in [5.41, 5.74) is 2.71. The van der Waals surface area contributed by atoms with E-state index in [0.717, 1.165) is 30.6 Å². The summed E-state index contributed by atoms with van der Waals surface area (Å²) in [6, 6.07) is 17.7. The zero-order chi connectivity index (χ0) is 17.5. The molecule has 0 radical (unpaired) electrons. The second-order valence-corrected chi connectivity index (χ2v) is 6.91. The van der Waals surface area contributed by atoms with Gasteiger partial charge < -0.3 is 19.7 Å². The average Bonchev–Trinajstić information content (AvgIpc) is 2.68. The maximum atomic E-state index is 5.36. The van der Waals surface area contributed by atoms with E-state index < -0.39 is 0 Å². The number of piperidine rings is 1. The molecule has 0 aromatic heterocycles. The Balaban J connectivity index is 1.46. The van der Waals surface area contributed by atoms with Crippen LogP contribution < -0.4 is 19.7 Å². The lowest BCUT2D eigenvalue weighted by atomic mass is 10.0. The Morgan fingerprint density at radius 3 is 2.16 bits per heavy atom. The van der Waals surface area contributed by atoms with Crippen LogP contribution in [0.15, 0.2) is 48.5 Å². The van der Waals surface area contributed by atoms with Crippen molar-refractivity contribution in [3.63, 3.8) is 0 Å². The minimum absolute atomic E-state index is 0.719. The number of hydrogen-bond acceptors (Lipinski definition) is 2. The van der Waals surface area contributed by atoms with Crippen LogP contribution >= 0.6 is 0 Å². The summed E-state index contributed by atoms with van der Waals surface area (Å²) in [6.07, 6.45) is 2.56. The quantitative estimate of drug-likeness (QED) is 0.788. The third-order valence-electron chi connectivity index (χ3n) is 5.13. The zero-order valence-electron chi connectivity index (χ0n) is 15.3. The van der Waals surface area contributed by atoms with Crippen molar-refractivity contribution in [2.45, 2.75) is 32.0 Å². The van der Waals surface area contributed by atoms with E-state index in [2.05, 4.69) is 47.8 Å². The van der Waals surface area contributed by atoms with E-state index in [1.54, 1.807) is 19.1 Å². The highest BCUT2D eigenvalue weighted by molar-refractivity contribution is 5.38. The van der Waals surface area contributed by atoms with Crippen LogP contribution in [0.5, 0.6) is 11.5 Å². The lowest BCUT2D eigenvalue weighted by molar-refractivity contribution is -0.926. The second-order valence-electron chi connectivity index (χ2n) is 6.91. The van der Waals surface area contributed by atoms with Gasteiger partial charge in [-0.2, -0.15) is 0 Å². The maximum absolute atomic E-state index is 5.36. The molecule has 0 amide bonds. The van der Waals surface area contributed by atoms with Crippen LogP contribution in [0.3, 0.4) is 0 Å². The number of benzene rings is 2. The molecule has 25 heavy (non-hydrogen) atoms. The molecule has 0 saturated carbocycles. The molecule has 1 heterocycles. The topological polar surface area (TPSA) is 39.5 Å². The number of rotatable bonds is 7. The SMILES string of the molecule is COc1cc(C[NH2+]C2CC[NH+](Cc3ccccc3)CC2)cc(OC)c1. The van der Waals surface area contributed by atoms with Crippen molar-refractivity contribution in [1.82, 2.24) is 0 Å². The van der Waals surface area contributed by atoms with E-state index in [0.29, 0.717) is 0 Å². The smallest absolute Gasteiger partial charge is 0.123 e. The molecule has 0 unspecified atom stereocenters. The number of likely N-dealkylation sites (tertiary alicyclic amines) is 1. The van der Waals surface area contributed by atoms with Crippen molar-refractivity contribution in [2.75, 3.05) is 27.3 Å². The van der Waals surface area contributed by atoms with Gasteiger partial charge in [0.1, 0.15) is 24.6 Å². The minimum atomic E-state index is 0.719. The highest BCUT2D eigenvalue weighted by atomic mass is 16.5. The van der Waals surface area contributed by atoms with Gasteiger partial charge in [-0.3, -0.25) is 0 Å². The van der Waals surface area contributed by atoms with Crippen molar-refractivity contribution < 1.29 is 19.7 Å². The molecule has 1 saturated heterocycles. The van der Waals surface area contributed by atoms with Gasteiger partial charge in [-0.15, -0.1) is 0 Å². The molecule has 0 bridgehead atoms. The Morgan fingerprint density at radius 1 is 0.920 bits per heavy atom. The lowest BCUT2D eigenvalue weighted by Gasteiger charge is -2.28. The minimum Gasteiger partial charge on any atom is -0.497 e. The predicted octanol–water partition coefficient (Wildman–Crippen LogP) is 1.01. The normalized spacial score (nSPS) is 20.2. The summed E-state index contributed by atoms with van der Waals surface area (Å²) in [5.74, 6) is 1.73. The summed E-state index contributed by atoms with van der Waals surface area (Å²) in [5, 5.41) is 2.48. The van der Waals surface area contributed by atoms with Gasteiger partial charge in [-0.05, 0) is 12.1 Å². The first-order valence-corrected chi connectivity index (χ1v) is 9.19. The molecular formula is C21H30N2O2+2. The van der Waals surface area contributed by atoms with Gasteiger partial charge in [0.15, 0.2) is 0 Å². The molecule has 1 fully saturated rings. The average molecular weight is 342 g/mol. The van der Waals surface area contributed by atoms with Gasteiger partial charge in [-0.1, -0.05) is 30.3 Å². The van der Waals surface area contributed by atoms with Gasteiger partial charge in [0.25, 0.3) is 0 Å². The van der Waals surface area contributed by atoms with Crippen LogP contribution in [0, 0.1) is 0 Å². The van der Waals surface area contributed by atoms with Crippen molar-refractivity contribution in [3.05, 3.63) is 59.7 Å². The molecule has 3 N–H and O–H groups in total. The fraction of sp³-hybridized carbons (Fsp3) is 0.429. The number of nitrogens with one attached hydrogen (secondary N) is 1. The van der Waals surface area contributed by atoms with E-state index in [1.807, 2.05) is 6.07 Å². The zero-order valence-corrected chi connectivity index (χ0v) is 15.3. The third-order valence-corrected chi connectivity index (χ3v) is 5.13. The Morgan fingerprint density at radius 2 is 1.56 bits per heavy atom. The van der Waals surface area contributed by atoms with Gasteiger partial charge >= 0.3 is 0 Å². The molecule has 4 heteroatoms. The largest absolute Gasteiger partial charge is 0.497 e. The first-order valence-electron chi connectivity index (χ1n) is 9.19. The fourth-order valence-corrected chi connectivity index (χ4v) is 3.63. The van der Waals surface area contributed by atoms with Gasteiger partial charge in [0.05, 0.1) is 33.4 Å². The van der Waals surface area contributed by atoms with E-state index >= 15 is 0 Å². The van der Waals surface area contributed by atoms with Crippen LogP contribution in [-0.4, -0.2) is 33.4 Å². The molecule has 2 aromatic carbocycles. The van der Waals surface area contributed by atoms with Crippen LogP contribution in [0.2, 0.25) is 0 Å². The molecule has 0 atom stereocenters. The van der Waals surface area contributed by atoms with E-state index in [4.69, 9.17) is 9.47 Å². The Bertz CT molecular complexity index is 630. The van der Waals surface area contributed by atoms with Crippen molar-refractivity contribution in [2.24, 2.45) is 0 Å². The first kappa shape index (κ1) is 17.8. The fourth-order valence-electron chi connectivity index (χ4n) is 3.63. The first-order chi connectivity index (χ1) is 12.3. The van der Waals surface area contributed by atoms with Crippen LogP contribution in [0.25, 0.3) is 0 Å². The summed E-state index contributed by atoms with van der Waals surface area (Å²) in [4.78, 5) is 1.71. The molecular weight excluding hydrogens is 312 g/mol. The molecule has 134 valence electrons. The Kier molecular flexibility index (Phi) is 6.31. The molecule has 0 aliphatic carbocycles. The standard InChI is InChI=1S/C21H28N2O2/c1-24-20-12-18(13-21(14-20)25-2)15-22-19-8-10-23(11-9-19)16-17-6-4-3-5-7-17/h3-7,12-14,19,22H,8-11,15-16H2,1-2H3/p+2. The monoisotopic (exact) mass is 342 g/mol. The Hall–Kier alpha value is -2.04. The number of methoxy groups -OCH3 is 2. The molecule has 1 aliphatic rings. The van der Waals surface area contributed by atoms with Crippen molar-refractivity contribution in [1.29, 1.82) is 0 Å². The van der Waals surface area contributed by atoms with E-state index in [-0.39, 0.29) is 0 Å². The van der Waals surface area contributed by atoms with Crippen LogP contribution in [-0.2, 0) is 13.1 Å². The van der Waals surface area contributed by atoms with Crippen molar-refractivity contribution >= 4 is 0 Å². The maximum Gasteiger partial charge on any atom is 0.123 e. The number of ether oxygens (including phenoxy) is 2.